The monoisotopic (exact) mass is 311 g/mol. The van der Waals surface area contributed by atoms with Crippen molar-refractivity contribution in [3.05, 3.63) is 59.2 Å². The van der Waals surface area contributed by atoms with Crippen LogP contribution in [-0.4, -0.2) is 25.9 Å². The van der Waals surface area contributed by atoms with Crippen molar-refractivity contribution in [1.29, 1.82) is 0 Å². The molecule has 0 aliphatic heterocycles. The second-order valence-electron chi connectivity index (χ2n) is 5.15. The number of amides is 1. The molecule has 1 N–H and O–H groups in total. The van der Waals surface area contributed by atoms with Crippen molar-refractivity contribution in [2.24, 2.45) is 0 Å². The summed E-state index contributed by atoms with van der Waals surface area (Å²) in [6.45, 7) is 4.56. The largest absolute Gasteiger partial charge is 0.407 e. The molecule has 0 fully saturated rings. The van der Waals surface area contributed by atoms with Gasteiger partial charge in [-0.15, -0.1) is 5.10 Å². The molecule has 1 aromatic carbocycles. The highest BCUT2D eigenvalue weighted by molar-refractivity contribution is 6.01. The minimum atomic E-state index is -0.324. The maximum Gasteiger partial charge on any atom is 0.322 e. The number of anilines is 1. The molecule has 0 aliphatic rings. The van der Waals surface area contributed by atoms with E-state index in [9.17, 15) is 4.79 Å². The fourth-order valence-corrected chi connectivity index (χ4v) is 2.19. The summed E-state index contributed by atoms with van der Waals surface area (Å²) >= 11 is 0. The lowest BCUT2D eigenvalue weighted by Crippen LogP contribution is -2.17. The predicted octanol–water partition coefficient (Wildman–Crippen LogP) is 2.44. The van der Waals surface area contributed by atoms with E-state index in [1.54, 1.807) is 16.9 Å². The Balaban J connectivity index is 1.67. The van der Waals surface area contributed by atoms with Crippen LogP contribution in [0.4, 0.5) is 6.01 Å². The normalized spacial score (nSPS) is 10.7. The van der Waals surface area contributed by atoms with E-state index < -0.39 is 0 Å². The highest BCUT2D eigenvalue weighted by atomic mass is 16.4. The number of nitrogens with one attached hydrogen (secondary N) is 1. The van der Waals surface area contributed by atoms with Crippen molar-refractivity contribution in [2.75, 3.05) is 5.32 Å². The summed E-state index contributed by atoms with van der Waals surface area (Å²) in [5.41, 5.74) is 2.71. The van der Waals surface area contributed by atoms with Crippen molar-refractivity contribution in [3.8, 4) is 0 Å². The summed E-state index contributed by atoms with van der Waals surface area (Å²) in [4.78, 5) is 12.2. The van der Waals surface area contributed by atoms with E-state index in [1.807, 2.05) is 38.1 Å². The second kappa shape index (κ2) is 6.43. The van der Waals surface area contributed by atoms with Gasteiger partial charge in [-0.3, -0.25) is 14.8 Å². The number of carbonyl (C=O) groups is 1. The van der Waals surface area contributed by atoms with E-state index in [0.717, 1.165) is 5.56 Å². The van der Waals surface area contributed by atoms with Gasteiger partial charge >= 0.3 is 6.01 Å². The summed E-state index contributed by atoms with van der Waals surface area (Å²) in [6, 6.07) is 9.80. The van der Waals surface area contributed by atoms with Crippen LogP contribution in [0.15, 0.2) is 40.9 Å². The van der Waals surface area contributed by atoms with Gasteiger partial charge in [-0.05, 0) is 25.5 Å². The zero-order valence-corrected chi connectivity index (χ0v) is 13.0. The van der Waals surface area contributed by atoms with Gasteiger partial charge in [0.25, 0.3) is 5.91 Å². The topological polar surface area (TPSA) is 85.8 Å². The van der Waals surface area contributed by atoms with E-state index in [-0.39, 0.29) is 11.9 Å². The molecule has 0 radical (unpaired) electrons. The third-order valence-electron chi connectivity index (χ3n) is 3.41. The average Bonchev–Trinajstić information content (AvgIpc) is 3.18. The molecule has 0 bridgehead atoms. The Labute approximate surface area is 133 Å². The molecule has 1 amide bonds. The van der Waals surface area contributed by atoms with Crippen molar-refractivity contribution < 1.29 is 9.21 Å². The molecule has 3 rings (SSSR count). The zero-order chi connectivity index (χ0) is 16.2. The second-order valence-corrected chi connectivity index (χ2v) is 5.15. The summed E-state index contributed by atoms with van der Waals surface area (Å²) in [5, 5.41) is 14.5. The van der Waals surface area contributed by atoms with E-state index in [2.05, 4.69) is 20.6 Å². The molecule has 7 nitrogen and oxygen atoms in total. The number of carbonyl (C=O) groups excluding carboxylic acids is 1. The average molecular weight is 311 g/mol. The number of hydrogen-bond donors (Lipinski definition) is 1. The Hall–Kier alpha value is -2.96. The molecule has 3 aromatic rings. The Morgan fingerprint density at radius 3 is 2.74 bits per heavy atom. The number of benzene rings is 1. The Bertz CT molecular complexity index is 804. The summed E-state index contributed by atoms with van der Waals surface area (Å²) in [5.74, 6) is 0.128. The van der Waals surface area contributed by atoms with Crippen molar-refractivity contribution in [1.82, 2.24) is 20.0 Å². The molecule has 0 saturated heterocycles. The third-order valence-corrected chi connectivity index (χ3v) is 3.41. The molecule has 23 heavy (non-hydrogen) atoms. The quantitative estimate of drug-likeness (QED) is 0.782. The van der Waals surface area contributed by atoms with Gasteiger partial charge < -0.3 is 4.42 Å². The molecule has 2 heterocycles. The van der Waals surface area contributed by atoms with Gasteiger partial charge in [-0.2, -0.15) is 5.10 Å². The van der Waals surface area contributed by atoms with Crippen LogP contribution in [0.1, 0.15) is 34.4 Å². The van der Waals surface area contributed by atoms with Gasteiger partial charge in [0.15, 0.2) is 0 Å². The zero-order valence-electron chi connectivity index (χ0n) is 13.0. The lowest BCUT2D eigenvalue weighted by atomic mass is 10.1. The molecule has 0 atom stereocenters. The first-order valence-electron chi connectivity index (χ1n) is 7.37. The fraction of sp³-hybridized carbons (Fsp3) is 0.250. The van der Waals surface area contributed by atoms with Crippen LogP contribution >= 0.6 is 0 Å². The lowest BCUT2D eigenvalue weighted by molar-refractivity contribution is 0.101. The number of hydrogen-bond acceptors (Lipinski definition) is 5. The van der Waals surface area contributed by atoms with Crippen LogP contribution in [0.2, 0.25) is 0 Å². The maximum absolute atomic E-state index is 12.2. The lowest BCUT2D eigenvalue weighted by Gasteiger charge is -2.02. The van der Waals surface area contributed by atoms with Gasteiger partial charge in [0.2, 0.25) is 5.89 Å². The first kappa shape index (κ1) is 15.0. The smallest absolute Gasteiger partial charge is 0.322 e. The van der Waals surface area contributed by atoms with Gasteiger partial charge in [-0.1, -0.05) is 34.9 Å². The number of aryl methyl sites for hydroxylation is 2. The van der Waals surface area contributed by atoms with Crippen molar-refractivity contribution in [2.45, 2.75) is 26.8 Å². The summed E-state index contributed by atoms with van der Waals surface area (Å²) < 4.78 is 7.07. The fourth-order valence-electron chi connectivity index (χ4n) is 2.19. The molecule has 7 heteroatoms. The summed E-state index contributed by atoms with van der Waals surface area (Å²) in [7, 11) is 0. The SMILES string of the molecule is CCn1nccc1C(=O)Nc1nnc(Cc2ccc(C)cc2)o1. The number of aromatic nitrogens is 4. The van der Waals surface area contributed by atoms with Crippen LogP contribution in [0.5, 0.6) is 0 Å². The highest BCUT2D eigenvalue weighted by Crippen LogP contribution is 2.13. The molecule has 0 spiro atoms. The molecular weight excluding hydrogens is 294 g/mol. The van der Waals surface area contributed by atoms with Crippen LogP contribution in [-0.2, 0) is 13.0 Å². The van der Waals surface area contributed by atoms with Crippen LogP contribution in [0, 0.1) is 6.92 Å². The minimum absolute atomic E-state index is 0.0842. The van der Waals surface area contributed by atoms with E-state index in [4.69, 9.17) is 4.42 Å². The molecule has 118 valence electrons. The van der Waals surface area contributed by atoms with Gasteiger partial charge in [0.1, 0.15) is 5.69 Å². The molecule has 2 aromatic heterocycles. The van der Waals surface area contributed by atoms with Crippen LogP contribution < -0.4 is 5.32 Å². The molecule has 0 unspecified atom stereocenters. The molecule has 0 saturated carbocycles. The standard InChI is InChI=1S/C16H17N5O2/c1-3-21-13(8-9-17-21)15(22)18-16-20-19-14(23-16)10-12-6-4-11(2)5-7-12/h4-9H,3,10H2,1-2H3,(H,18,20,22). The Kier molecular flexibility index (Phi) is 4.18. The van der Waals surface area contributed by atoms with Crippen molar-refractivity contribution in [3.63, 3.8) is 0 Å². The molecular formula is C16H17N5O2. The number of nitrogens with zero attached hydrogens (tertiary/aromatic N) is 4. The third kappa shape index (κ3) is 3.45. The van der Waals surface area contributed by atoms with Crippen LogP contribution in [0.3, 0.4) is 0 Å². The first-order valence-corrected chi connectivity index (χ1v) is 7.37. The van der Waals surface area contributed by atoms with Gasteiger partial charge in [-0.25, -0.2) is 0 Å². The van der Waals surface area contributed by atoms with Crippen molar-refractivity contribution >= 4 is 11.9 Å². The first-order chi connectivity index (χ1) is 11.2. The van der Waals surface area contributed by atoms with Gasteiger partial charge in [0, 0.05) is 12.7 Å². The Morgan fingerprint density at radius 2 is 2.00 bits per heavy atom. The highest BCUT2D eigenvalue weighted by Gasteiger charge is 2.15. The van der Waals surface area contributed by atoms with Crippen LogP contribution in [0.25, 0.3) is 0 Å². The minimum Gasteiger partial charge on any atom is -0.407 e. The maximum atomic E-state index is 12.2. The van der Waals surface area contributed by atoms with E-state index in [1.165, 1.54) is 5.56 Å². The molecule has 0 aliphatic carbocycles. The van der Waals surface area contributed by atoms with Gasteiger partial charge in [0.05, 0.1) is 6.42 Å². The number of rotatable bonds is 5. The Morgan fingerprint density at radius 1 is 1.22 bits per heavy atom. The van der Waals surface area contributed by atoms with E-state index >= 15 is 0 Å². The summed E-state index contributed by atoms with van der Waals surface area (Å²) in [6.07, 6.45) is 2.10. The van der Waals surface area contributed by atoms with E-state index in [0.29, 0.717) is 24.6 Å². The predicted molar refractivity (Wildman–Crippen MR) is 84.1 cm³/mol.